The lowest BCUT2D eigenvalue weighted by atomic mass is 9.84. The molecule has 0 saturated heterocycles. The molecule has 6 heteroatoms. The molecule has 0 spiro atoms. The number of benzene rings is 1. The van der Waals surface area contributed by atoms with Gasteiger partial charge >= 0.3 is 6.18 Å². The van der Waals surface area contributed by atoms with Crippen LogP contribution >= 0.6 is 0 Å². The lowest BCUT2D eigenvalue weighted by Gasteiger charge is -2.28. The van der Waals surface area contributed by atoms with Crippen LogP contribution in [0.3, 0.4) is 0 Å². The van der Waals surface area contributed by atoms with Crippen molar-refractivity contribution in [2.45, 2.75) is 38.4 Å². The molecule has 1 saturated carbocycles. The number of halogens is 3. The van der Waals surface area contributed by atoms with E-state index >= 15 is 0 Å². The highest BCUT2D eigenvalue weighted by atomic mass is 19.4. The van der Waals surface area contributed by atoms with Crippen LogP contribution in [0.1, 0.15) is 31.7 Å². The van der Waals surface area contributed by atoms with Gasteiger partial charge in [0.25, 0.3) is 0 Å². The second-order valence-electron chi connectivity index (χ2n) is 5.41. The number of para-hydroxylation sites is 1. The Labute approximate surface area is 115 Å². The van der Waals surface area contributed by atoms with Crippen LogP contribution in [0.25, 0.3) is 0 Å². The summed E-state index contributed by atoms with van der Waals surface area (Å²) in [6.45, 7) is 1.70. The average Bonchev–Trinajstić information content (AvgIpc) is 2.70. The summed E-state index contributed by atoms with van der Waals surface area (Å²) in [5.41, 5.74) is 4.04. The molecule has 110 valence electrons. The molecule has 1 amide bonds. The SMILES string of the molecule is CC1(C(=O)Nc2ccccc2C(F)(F)F)CCCC1N. The van der Waals surface area contributed by atoms with E-state index in [1.54, 1.807) is 6.92 Å². The second kappa shape index (κ2) is 5.09. The fourth-order valence-corrected chi connectivity index (χ4v) is 2.58. The molecule has 1 aliphatic rings. The summed E-state index contributed by atoms with van der Waals surface area (Å²) >= 11 is 0. The molecule has 0 aromatic heterocycles. The molecule has 2 unspecified atom stereocenters. The second-order valence-corrected chi connectivity index (χ2v) is 5.41. The van der Waals surface area contributed by atoms with Crippen molar-refractivity contribution < 1.29 is 18.0 Å². The molecule has 0 aliphatic heterocycles. The van der Waals surface area contributed by atoms with E-state index < -0.39 is 23.1 Å². The zero-order valence-corrected chi connectivity index (χ0v) is 11.1. The summed E-state index contributed by atoms with van der Waals surface area (Å²) in [6, 6.07) is 4.64. The Morgan fingerprint density at radius 2 is 2.05 bits per heavy atom. The minimum Gasteiger partial charge on any atom is -0.327 e. The molecular weight excluding hydrogens is 269 g/mol. The highest BCUT2D eigenvalue weighted by molar-refractivity contribution is 5.96. The van der Waals surface area contributed by atoms with Gasteiger partial charge < -0.3 is 11.1 Å². The monoisotopic (exact) mass is 286 g/mol. The van der Waals surface area contributed by atoms with E-state index in [2.05, 4.69) is 5.32 Å². The number of nitrogens with two attached hydrogens (primary N) is 1. The Morgan fingerprint density at radius 1 is 1.40 bits per heavy atom. The van der Waals surface area contributed by atoms with Gasteiger partial charge in [0.2, 0.25) is 5.91 Å². The number of anilines is 1. The minimum atomic E-state index is -4.50. The zero-order chi connectivity index (χ0) is 15.0. The first-order valence-corrected chi connectivity index (χ1v) is 6.48. The van der Waals surface area contributed by atoms with Crippen LogP contribution in [0.15, 0.2) is 24.3 Å². The predicted octanol–water partition coefficient (Wildman–Crippen LogP) is 3.16. The number of carbonyl (C=O) groups excluding carboxylic acids is 1. The molecule has 2 rings (SSSR count). The summed E-state index contributed by atoms with van der Waals surface area (Å²) in [6.07, 6.45) is -2.38. The van der Waals surface area contributed by atoms with Crippen LogP contribution in [0.5, 0.6) is 0 Å². The summed E-state index contributed by atoms with van der Waals surface area (Å²) in [4.78, 5) is 12.3. The topological polar surface area (TPSA) is 55.1 Å². The van der Waals surface area contributed by atoms with Crippen LogP contribution in [0.2, 0.25) is 0 Å². The van der Waals surface area contributed by atoms with Crippen molar-refractivity contribution >= 4 is 11.6 Å². The summed E-state index contributed by atoms with van der Waals surface area (Å²) < 4.78 is 38.6. The summed E-state index contributed by atoms with van der Waals surface area (Å²) in [5, 5.41) is 2.39. The molecule has 0 radical (unpaired) electrons. The Morgan fingerprint density at radius 3 is 2.60 bits per heavy atom. The van der Waals surface area contributed by atoms with E-state index in [9.17, 15) is 18.0 Å². The van der Waals surface area contributed by atoms with Gasteiger partial charge in [-0.25, -0.2) is 0 Å². The Balaban J connectivity index is 2.25. The van der Waals surface area contributed by atoms with Crippen molar-refractivity contribution in [1.82, 2.24) is 0 Å². The molecule has 1 aromatic carbocycles. The first kappa shape index (κ1) is 14.8. The molecular formula is C14H17F3N2O. The van der Waals surface area contributed by atoms with Gasteiger partial charge in [0.05, 0.1) is 16.7 Å². The van der Waals surface area contributed by atoms with Gasteiger partial charge in [0.15, 0.2) is 0 Å². The van der Waals surface area contributed by atoms with Crippen molar-refractivity contribution in [3.8, 4) is 0 Å². The third-order valence-corrected chi connectivity index (χ3v) is 4.03. The Bertz CT molecular complexity index is 515. The zero-order valence-electron chi connectivity index (χ0n) is 11.1. The molecule has 0 bridgehead atoms. The van der Waals surface area contributed by atoms with Gasteiger partial charge in [-0.15, -0.1) is 0 Å². The Hall–Kier alpha value is -1.56. The van der Waals surface area contributed by atoms with Crippen molar-refractivity contribution in [3.05, 3.63) is 29.8 Å². The highest BCUT2D eigenvalue weighted by Gasteiger charge is 2.43. The van der Waals surface area contributed by atoms with Crippen LogP contribution in [-0.2, 0) is 11.0 Å². The van der Waals surface area contributed by atoms with Crippen molar-refractivity contribution in [3.63, 3.8) is 0 Å². The fourth-order valence-electron chi connectivity index (χ4n) is 2.58. The Kier molecular flexibility index (Phi) is 3.77. The number of amides is 1. The van der Waals surface area contributed by atoms with Crippen molar-refractivity contribution in [2.24, 2.45) is 11.1 Å². The van der Waals surface area contributed by atoms with Crippen LogP contribution in [0.4, 0.5) is 18.9 Å². The number of carbonyl (C=O) groups is 1. The van der Waals surface area contributed by atoms with Gasteiger partial charge in [0.1, 0.15) is 0 Å². The van der Waals surface area contributed by atoms with Gasteiger partial charge in [0, 0.05) is 6.04 Å². The molecule has 0 heterocycles. The molecule has 1 fully saturated rings. The quantitative estimate of drug-likeness (QED) is 0.877. The largest absolute Gasteiger partial charge is 0.418 e. The van der Waals surface area contributed by atoms with Crippen LogP contribution in [-0.4, -0.2) is 11.9 Å². The maximum Gasteiger partial charge on any atom is 0.418 e. The predicted molar refractivity (Wildman–Crippen MR) is 70.0 cm³/mol. The maximum atomic E-state index is 12.9. The normalized spacial score (nSPS) is 26.6. The fraction of sp³-hybridized carbons (Fsp3) is 0.500. The lowest BCUT2D eigenvalue weighted by molar-refractivity contribution is -0.137. The van der Waals surface area contributed by atoms with Gasteiger partial charge in [-0.1, -0.05) is 18.6 Å². The van der Waals surface area contributed by atoms with Crippen LogP contribution in [0, 0.1) is 5.41 Å². The number of hydrogen-bond acceptors (Lipinski definition) is 2. The third kappa shape index (κ3) is 2.65. The van der Waals surface area contributed by atoms with Crippen LogP contribution < -0.4 is 11.1 Å². The maximum absolute atomic E-state index is 12.9. The number of hydrogen-bond donors (Lipinski definition) is 2. The van der Waals surface area contributed by atoms with E-state index in [0.717, 1.165) is 12.5 Å². The summed E-state index contributed by atoms with van der Waals surface area (Å²) in [7, 11) is 0. The van der Waals surface area contributed by atoms with Gasteiger partial charge in [-0.2, -0.15) is 13.2 Å². The van der Waals surface area contributed by atoms with E-state index in [1.807, 2.05) is 0 Å². The highest BCUT2D eigenvalue weighted by Crippen LogP contribution is 2.39. The lowest BCUT2D eigenvalue weighted by Crippen LogP contribution is -2.44. The standard InChI is InChI=1S/C14H17F3N2O/c1-13(8-4-7-11(13)18)12(20)19-10-6-3-2-5-9(10)14(15,16)17/h2-3,5-6,11H,4,7-8,18H2,1H3,(H,19,20). The molecule has 20 heavy (non-hydrogen) atoms. The van der Waals surface area contributed by atoms with E-state index in [0.29, 0.717) is 12.8 Å². The molecule has 3 N–H and O–H groups in total. The van der Waals surface area contributed by atoms with Gasteiger partial charge in [-0.3, -0.25) is 4.79 Å². The number of rotatable bonds is 2. The first-order chi connectivity index (χ1) is 9.25. The molecule has 1 aliphatic carbocycles. The van der Waals surface area contributed by atoms with E-state index in [-0.39, 0.29) is 11.7 Å². The summed E-state index contributed by atoms with van der Waals surface area (Å²) in [5.74, 6) is -0.445. The van der Waals surface area contributed by atoms with Gasteiger partial charge in [-0.05, 0) is 31.9 Å². The smallest absolute Gasteiger partial charge is 0.327 e. The first-order valence-electron chi connectivity index (χ1n) is 6.48. The third-order valence-electron chi connectivity index (χ3n) is 4.03. The minimum absolute atomic E-state index is 0.217. The molecule has 2 atom stereocenters. The number of nitrogens with one attached hydrogen (secondary N) is 1. The van der Waals surface area contributed by atoms with E-state index in [1.165, 1.54) is 18.2 Å². The van der Waals surface area contributed by atoms with E-state index in [4.69, 9.17) is 5.73 Å². The van der Waals surface area contributed by atoms with Crippen molar-refractivity contribution in [2.75, 3.05) is 5.32 Å². The van der Waals surface area contributed by atoms with Crippen molar-refractivity contribution in [1.29, 1.82) is 0 Å². The average molecular weight is 286 g/mol. The number of alkyl halides is 3. The molecule has 3 nitrogen and oxygen atoms in total. The molecule has 1 aromatic rings.